The number of halogens is 2. The Morgan fingerprint density at radius 3 is 2.67 bits per heavy atom. The van der Waals surface area contributed by atoms with Crippen LogP contribution in [0.1, 0.15) is 17.5 Å². The molecule has 0 fully saturated rings. The van der Waals surface area contributed by atoms with Crippen LogP contribution in [0.3, 0.4) is 0 Å². The van der Waals surface area contributed by atoms with Crippen molar-refractivity contribution in [2.75, 3.05) is 13.7 Å². The second-order valence-corrected chi connectivity index (χ2v) is 6.13. The lowest BCUT2D eigenvalue weighted by Gasteiger charge is -2.14. The average molecular weight is 369 g/mol. The van der Waals surface area contributed by atoms with Gasteiger partial charge in [-0.2, -0.15) is 0 Å². The first-order chi connectivity index (χ1) is 10.2. The Balaban J connectivity index is 1.93. The Morgan fingerprint density at radius 2 is 1.95 bits per heavy atom. The number of nitrogens with one attached hydrogen (secondary N) is 1. The molecular weight excluding hydrogens is 350 g/mol. The van der Waals surface area contributed by atoms with Gasteiger partial charge in [-0.1, -0.05) is 41.9 Å². The molecule has 0 unspecified atom stereocenters. The van der Waals surface area contributed by atoms with E-state index in [1.807, 2.05) is 25.2 Å². The van der Waals surface area contributed by atoms with Crippen LogP contribution in [0, 0.1) is 0 Å². The number of rotatable bonds is 7. The molecule has 0 radical (unpaired) electrons. The van der Waals surface area contributed by atoms with E-state index in [-0.39, 0.29) is 0 Å². The average Bonchev–Trinajstić information content (AvgIpc) is 2.47. The van der Waals surface area contributed by atoms with Crippen molar-refractivity contribution in [1.29, 1.82) is 0 Å². The maximum atomic E-state index is 6.09. The predicted molar refractivity (Wildman–Crippen MR) is 92.2 cm³/mol. The molecule has 21 heavy (non-hydrogen) atoms. The van der Waals surface area contributed by atoms with Crippen molar-refractivity contribution in [1.82, 2.24) is 5.32 Å². The molecule has 0 atom stereocenters. The van der Waals surface area contributed by atoms with Gasteiger partial charge in [0, 0.05) is 17.1 Å². The number of benzene rings is 2. The third-order valence-corrected chi connectivity index (χ3v) is 3.96. The summed E-state index contributed by atoms with van der Waals surface area (Å²) in [5.41, 5.74) is 2.41. The van der Waals surface area contributed by atoms with Crippen molar-refractivity contribution < 1.29 is 4.74 Å². The summed E-state index contributed by atoms with van der Waals surface area (Å²) in [6.07, 6.45) is 2.01. The Labute approximate surface area is 139 Å². The minimum atomic E-state index is 0.686. The smallest absolute Gasteiger partial charge is 0.138 e. The van der Waals surface area contributed by atoms with Crippen LogP contribution in [0.25, 0.3) is 0 Å². The largest absolute Gasteiger partial charge is 0.492 e. The van der Waals surface area contributed by atoms with E-state index in [4.69, 9.17) is 16.3 Å². The molecule has 112 valence electrons. The molecule has 2 rings (SSSR count). The van der Waals surface area contributed by atoms with Gasteiger partial charge in [-0.05, 0) is 53.5 Å². The molecule has 0 aliphatic rings. The van der Waals surface area contributed by atoms with E-state index >= 15 is 0 Å². The van der Waals surface area contributed by atoms with E-state index in [0.29, 0.717) is 11.6 Å². The van der Waals surface area contributed by atoms with Gasteiger partial charge in [-0.15, -0.1) is 0 Å². The number of ether oxygens (including phenoxy) is 1. The standard InChI is InChI=1S/C17H19BrClNO/c1-20-12-14-10-15(19)11-16(18)17(14)21-9-5-8-13-6-3-2-4-7-13/h2-4,6-7,10-11,20H,5,8-9,12H2,1H3. The maximum Gasteiger partial charge on any atom is 0.138 e. The first kappa shape index (κ1) is 16.3. The molecule has 4 heteroatoms. The zero-order chi connectivity index (χ0) is 15.1. The van der Waals surface area contributed by atoms with E-state index < -0.39 is 0 Å². The quantitative estimate of drug-likeness (QED) is 0.707. The Morgan fingerprint density at radius 1 is 1.19 bits per heavy atom. The van der Waals surface area contributed by atoms with Crippen LogP contribution in [-0.4, -0.2) is 13.7 Å². The zero-order valence-corrected chi connectivity index (χ0v) is 14.4. The lowest BCUT2D eigenvalue weighted by molar-refractivity contribution is 0.305. The Kier molecular flexibility index (Phi) is 6.55. The van der Waals surface area contributed by atoms with E-state index in [1.165, 1.54) is 5.56 Å². The van der Waals surface area contributed by atoms with Crippen molar-refractivity contribution in [3.63, 3.8) is 0 Å². The highest BCUT2D eigenvalue weighted by molar-refractivity contribution is 9.10. The highest BCUT2D eigenvalue weighted by Crippen LogP contribution is 2.32. The summed E-state index contributed by atoms with van der Waals surface area (Å²) in [5.74, 6) is 0.877. The highest BCUT2D eigenvalue weighted by Gasteiger charge is 2.09. The monoisotopic (exact) mass is 367 g/mol. The van der Waals surface area contributed by atoms with E-state index in [9.17, 15) is 0 Å². The fourth-order valence-electron chi connectivity index (χ4n) is 2.19. The molecule has 2 aromatic carbocycles. The lowest BCUT2D eigenvalue weighted by Crippen LogP contribution is -2.09. The van der Waals surface area contributed by atoms with Crippen LogP contribution in [0.2, 0.25) is 5.02 Å². The molecule has 0 aromatic heterocycles. The van der Waals surface area contributed by atoms with E-state index in [0.717, 1.165) is 35.2 Å². The summed E-state index contributed by atoms with van der Waals surface area (Å²) in [4.78, 5) is 0. The van der Waals surface area contributed by atoms with E-state index in [1.54, 1.807) is 0 Å². The molecule has 0 saturated carbocycles. The summed E-state index contributed by atoms with van der Waals surface area (Å²) in [7, 11) is 1.91. The van der Waals surface area contributed by atoms with Crippen molar-refractivity contribution in [2.45, 2.75) is 19.4 Å². The predicted octanol–water partition coefficient (Wildman–Crippen LogP) is 4.83. The minimum absolute atomic E-state index is 0.686. The van der Waals surface area contributed by atoms with Crippen molar-refractivity contribution >= 4 is 27.5 Å². The van der Waals surface area contributed by atoms with Crippen molar-refractivity contribution in [3.8, 4) is 5.75 Å². The lowest BCUT2D eigenvalue weighted by atomic mass is 10.1. The van der Waals surface area contributed by atoms with Crippen LogP contribution in [0.4, 0.5) is 0 Å². The summed E-state index contributed by atoms with van der Waals surface area (Å²) in [6, 6.07) is 14.3. The van der Waals surface area contributed by atoms with Gasteiger partial charge in [0.15, 0.2) is 0 Å². The molecule has 1 N–H and O–H groups in total. The number of hydrogen-bond acceptors (Lipinski definition) is 2. The summed E-state index contributed by atoms with van der Waals surface area (Å²) in [5, 5.41) is 3.85. The zero-order valence-electron chi connectivity index (χ0n) is 12.0. The molecule has 0 saturated heterocycles. The number of aryl methyl sites for hydroxylation is 1. The highest BCUT2D eigenvalue weighted by atomic mass is 79.9. The van der Waals surface area contributed by atoms with Crippen LogP contribution in [-0.2, 0) is 13.0 Å². The Bertz CT molecular complexity index is 575. The van der Waals surface area contributed by atoms with Gasteiger partial charge in [0.05, 0.1) is 11.1 Å². The topological polar surface area (TPSA) is 21.3 Å². The molecule has 0 aliphatic heterocycles. The van der Waals surface area contributed by atoms with Gasteiger partial charge in [0.2, 0.25) is 0 Å². The fourth-order valence-corrected chi connectivity index (χ4v) is 3.18. The third kappa shape index (κ3) is 5.03. The summed E-state index contributed by atoms with van der Waals surface area (Å²) in [6.45, 7) is 1.42. The first-order valence-electron chi connectivity index (χ1n) is 7.00. The SMILES string of the molecule is CNCc1cc(Cl)cc(Br)c1OCCCc1ccccc1. The summed E-state index contributed by atoms with van der Waals surface area (Å²) < 4.78 is 6.85. The van der Waals surface area contributed by atoms with Crippen LogP contribution in [0.15, 0.2) is 46.9 Å². The molecule has 2 nitrogen and oxygen atoms in total. The van der Waals surface area contributed by atoms with E-state index in [2.05, 4.69) is 45.5 Å². The molecule has 0 spiro atoms. The molecule has 2 aromatic rings. The van der Waals surface area contributed by atoms with Gasteiger partial charge in [0.1, 0.15) is 5.75 Å². The van der Waals surface area contributed by atoms with Gasteiger partial charge >= 0.3 is 0 Å². The second-order valence-electron chi connectivity index (χ2n) is 4.84. The van der Waals surface area contributed by atoms with Crippen molar-refractivity contribution in [3.05, 3.63) is 63.1 Å². The fraction of sp³-hybridized carbons (Fsp3) is 0.294. The molecular formula is C17H19BrClNO. The minimum Gasteiger partial charge on any atom is -0.492 e. The molecule has 0 aliphatic carbocycles. The van der Waals surface area contributed by atoms with Crippen molar-refractivity contribution in [2.24, 2.45) is 0 Å². The Hall–Kier alpha value is -1.03. The number of hydrogen-bond donors (Lipinski definition) is 1. The van der Waals surface area contributed by atoms with Crippen LogP contribution in [0.5, 0.6) is 5.75 Å². The normalized spacial score (nSPS) is 10.6. The first-order valence-corrected chi connectivity index (χ1v) is 8.17. The van der Waals surface area contributed by atoms with Crippen LogP contribution >= 0.6 is 27.5 Å². The molecule has 0 bridgehead atoms. The van der Waals surface area contributed by atoms with Gasteiger partial charge in [-0.3, -0.25) is 0 Å². The second kappa shape index (κ2) is 8.42. The molecule has 0 amide bonds. The van der Waals surface area contributed by atoms with Gasteiger partial charge < -0.3 is 10.1 Å². The molecule has 0 heterocycles. The third-order valence-electron chi connectivity index (χ3n) is 3.15. The van der Waals surface area contributed by atoms with Gasteiger partial charge in [0.25, 0.3) is 0 Å². The summed E-state index contributed by atoms with van der Waals surface area (Å²) >= 11 is 9.61. The van der Waals surface area contributed by atoms with Gasteiger partial charge in [-0.25, -0.2) is 0 Å². The maximum absolute atomic E-state index is 6.09. The van der Waals surface area contributed by atoms with Crippen LogP contribution < -0.4 is 10.1 Å².